The van der Waals surface area contributed by atoms with Crippen molar-refractivity contribution in [3.8, 4) is 11.5 Å². The normalized spacial score (nSPS) is 10.2. The van der Waals surface area contributed by atoms with Crippen molar-refractivity contribution in [3.63, 3.8) is 0 Å². The molecule has 1 amide bonds. The first kappa shape index (κ1) is 16.5. The molecule has 0 atom stereocenters. The summed E-state index contributed by atoms with van der Waals surface area (Å²) in [5.41, 5.74) is 1.35. The van der Waals surface area contributed by atoms with E-state index in [2.05, 4.69) is 5.32 Å². The lowest BCUT2D eigenvalue weighted by Crippen LogP contribution is -2.15. The van der Waals surface area contributed by atoms with Gasteiger partial charge in [-0.3, -0.25) is 4.79 Å². The number of amides is 1. The monoisotopic (exact) mass is 339 g/mol. The van der Waals surface area contributed by atoms with Gasteiger partial charge < -0.3 is 14.8 Å². The molecule has 1 N–H and O–H groups in total. The van der Waals surface area contributed by atoms with Crippen LogP contribution in [0.4, 0.5) is 5.69 Å². The van der Waals surface area contributed by atoms with Crippen LogP contribution in [0.15, 0.2) is 36.4 Å². The molecule has 0 saturated carbocycles. The first-order valence-electron chi connectivity index (χ1n) is 6.49. The van der Waals surface area contributed by atoms with Crippen LogP contribution in [0.25, 0.3) is 0 Å². The fourth-order valence-electron chi connectivity index (χ4n) is 1.94. The van der Waals surface area contributed by atoms with Gasteiger partial charge in [-0.2, -0.15) is 0 Å². The zero-order valence-corrected chi connectivity index (χ0v) is 13.7. The number of methoxy groups -OCH3 is 2. The standard InChI is InChI=1S/C16H15Cl2NO3/c1-21-14-9-15(22-2)13(8-12(14)18)19-16(20)7-10-3-5-11(17)6-4-10/h3-6,8-9H,7H2,1-2H3,(H,19,20). The van der Waals surface area contributed by atoms with E-state index in [4.69, 9.17) is 32.7 Å². The highest BCUT2D eigenvalue weighted by Crippen LogP contribution is 2.35. The fraction of sp³-hybridized carbons (Fsp3) is 0.188. The van der Waals surface area contributed by atoms with Crippen LogP contribution in [0, 0.1) is 0 Å². The summed E-state index contributed by atoms with van der Waals surface area (Å²) in [6.45, 7) is 0. The van der Waals surface area contributed by atoms with Crippen molar-refractivity contribution in [2.45, 2.75) is 6.42 Å². The molecule has 0 bridgehead atoms. The summed E-state index contributed by atoms with van der Waals surface area (Å²) in [4.78, 5) is 12.1. The van der Waals surface area contributed by atoms with Gasteiger partial charge in [0.25, 0.3) is 0 Å². The molecule has 0 aliphatic heterocycles. The molecule has 0 radical (unpaired) electrons. The minimum Gasteiger partial charge on any atom is -0.495 e. The third-order valence-electron chi connectivity index (χ3n) is 3.03. The highest BCUT2D eigenvalue weighted by atomic mass is 35.5. The van der Waals surface area contributed by atoms with Crippen molar-refractivity contribution in [2.75, 3.05) is 19.5 Å². The van der Waals surface area contributed by atoms with Crippen LogP contribution in [-0.2, 0) is 11.2 Å². The second-order valence-corrected chi connectivity index (χ2v) is 5.38. The maximum atomic E-state index is 12.1. The lowest BCUT2D eigenvalue weighted by Gasteiger charge is -2.13. The summed E-state index contributed by atoms with van der Waals surface area (Å²) in [6, 6.07) is 10.3. The third kappa shape index (κ3) is 4.06. The predicted octanol–water partition coefficient (Wildman–Crippen LogP) is 4.19. The topological polar surface area (TPSA) is 47.6 Å². The average molecular weight is 340 g/mol. The number of hydrogen-bond acceptors (Lipinski definition) is 3. The number of benzene rings is 2. The molecule has 0 heterocycles. The molecular weight excluding hydrogens is 325 g/mol. The molecule has 2 rings (SSSR count). The molecule has 116 valence electrons. The summed E-state index contributed by atoms with van der Waals surface area (Å²) in [5, 5.41) is 3.81. The van der Waals surface area contributed by atoms with E-state index >= 15 is 0 Å². The van der Waals surface area contributed by atoms with Gasteiger partial charge in [0.1, 0.15) is 11.5 Å². The number of nitrogens with one attached hydrogen (secondary N) is 1. The molecule has 6 heteroatoms. The predicted molar refractivity (Wildman–Crippen MR) is 88.3 cm³/mol. The van der Waals surface area contributed by atoms with Crippen LogP contribution in [-0.4, -0.2) is 20.1 Å². The van der Waals surface area contributed by atoms with E-state index in [1.807, 2.05) is 0 Å². The number of rotatable bonds is 5. The van der Waals surface area contributed by atoms with Crippen molar-refractivity contribution >= 4 is 34.8 Å². The van der Waals surface area contributed by atoms with Crippen LogP contribution in [0.5, 0.6) is 11.5 Å². The van der Waals surface area contributed by atoms with Crippen LogP contribution >= 0.6 is 23.2 Å². The van der Waals surface area contributed by atoms with Gasteiger partial charge in [-0.25, -0.2) is 0 Å². The van der Waals surface area contributed by atoms with Gasteiger partial charge in [-0.05, 0) is 23.8 Å². The molecule has 0 aromatic heterocycles. The minimum atomic E-state index is -0.179. The molecule has 0 unspecified atom stereocenters. The first-order valence-corrected chi connectivity index (χ1v) is 7.25. The first-order chi connectivity index (χ1) is 10.5. The largest absolute Gasteiger partial charge is 0.495 e. The molecule has 2 aromatic rings. The Kier molecular flexibility index (Phi) is 5.52. The quantitative estimate of drug-likeness (QED) is 0.888. The number of carbonyl (C=O) groups excluding carboxylic acids is 1. The summed E-state index contributed by atoms with van der Waals surface area (Å²) in [6.07, 6.45) is 0.226. The van der Waals surface area contributed by atoms with Gasteiger partial charge >= 0.3 is 0 Å². The fourth-order valence-corrected chi connectivity index (χ4v) is 2.31. The Morgan fingerprint density at radius 1 is 1.05 bits per heavy atom. The third-order valence-corrected chi connectivity index (χ3v) is 3.57. The Morgan fingerprint density at radius 2 is 1.68 bits per heavy atom. The van der Waals surface area contributed by atoms with E-state index < -0.39 is 0 Å². The SMILES string of the molecule is COc1cc(OC)c(NC(=O)Cc2ccc(Cl)cc2)cc1Cl. The second-order valence-electron chi connectivity index (χ2n) is 4.54. The number of hydrogen-bond donors (Lipinski definition) is 1. The number of anilines is 1. The van der Waals surface area contributed by atoms with Crippen LogP contribution in [0.3, 0.4) is 0 Å². The Labute approximate surface area is 138 Å². The van der Waals surface area contributed by atoms with Crippen molar-refractivity contribution in [2.24, 2.45) is 0 Å². The highest BCUT2D eigenvalue weighted by Gasteiger charge is 2.12. The zero-order chi connectivity index (χ0) is 16.1. The molecule has 0 saturated heterocycles. The maximum Gasteiger partial charge on any atom is 0.228 e. The molecule has 0 spiro atoms. The van der Waals surface area contributed by atoms with E-state index in [1.165, 1.54) is 14.2 Å². The zero-order valence-electron chi connectivity index (χ0n) is 12.2. The lowest BCUT2D eigenvalue weighted by atomic mass is 10.1. The van der Waals surface area contributed by atoms with Crippen molar-refractivity contribution in [1.82, 2.24) is 0 Å². The van der Waals surface area contributed by atoms with Crippen molar-refractivity contribution < 1.29 is 14.3 Å². The van der Waals surface area contributed by atoms with Crippen LogP contribution in [0.2, 0.25) is 10.0 Å². The van der Waals surface area contributed by atoms with Gasteiger partial charge in [-0.15, -0.1) is 0 Å². The van der Waals surface area contributed by atoms with E-state index in [1.54, 1.807) is 36.4 Å². The summed E-state index contributed by atoms with van der Waals surface area (Å²) in [5.74, 6) is 0.779. The van der Waals surface area contributed by atoms with E-state index in [0.29, 0.717) is 27.2 Å². The number of halogens is 2. The Hall–Kier alpha value is -1.91. The van der Waals surface area contributed by atoms with E-state index in [0.717, 1.165) is 5.56 Å². The Morgan fingerprint density at radius 3 is 2.27 bits per heavy atom. The number of ether oxygens (including phenoxy) is 2. The Bertz CT molecular complexity index is 672. The molecule has 0 fully saturated rings. The number of carbonyl (C=O) groups is 1. The molecule has 22 heavy (non-hydrogen) atoms. The average Bonchev–Trinajstić information content (AvgIpc) is 2.50. The lowest BCUT2D eigenvalue weighted by molar-refractivity contribution is -0.115. The van der Waals surface area contributed by atoms with E-state index in [9.17, 15) is 4.79 Å². The second kappa shape index (κ2) is 7.38. The highest BCUT2D eigenvalue weighted by molar-refractivity contribution is 6.32. The summed E-state index contributed by atoms with van der Waals surface area (Å²) >= 11 is 11.9. The Balaban J connectivity index is 2.14. The molecule has 0 aliphatic carbocycles. The van der Waals surface area contributed by atoms with Crippen LogP contribution < -0.4 is 14.8 Å². The molecule has 2 aromatic carbocycles. The van der Waals surface area contributed by atoms with Gasteiger partial charge in [0, 0.05) is 11.1 Å². The van der Waals surface area contributed by atoms with Crippen LogP contribution in [0.1, 0.15) is 5.56 Å². The van der Waals surface area contributed by atoms with Gasteiger partial charge in [0.05, 0.1) is 31.4 Å². The molecule has 0 aliphatic rings. The van der Waals surface area contributed by atoms with Gasteiger partial charge in [0.2, 0.25) is 5.91 Å². The van der Waals surface area contributed by atoms with Gasteiger partial charge in [-0.1, -0.05) is 35.3 Å². The summed E-state index contributed by atoms with van der Waals surface area (Å²) < 4.78 is 10.4. The van der Waals surface area contributed by atoms with Gasteiger partial charge in [0.15, 0.2) is 0 Å². The smallest absolute Gasteiger partial charge is 0.228 e. The van der Waals surface area contributed by atoms with E-state index in [-0.39, 0.29) is 12.3 Å². The minimum absolute atomic E-state index is 0.179. The summed E-state index contributed by atoms with van der Waals surface area (Å²) in [7, 11) is 3.02. The van der Waals surface area contributed by atoms with Crippen molar-refractivity contribution in [3.05, 3.63) is 52.0 Å². The molecular formula is C16H15Cl2NO3. The molecule has 4 nitrogen and oxygen atoms in total. The maximum absolute atomic E-state index is 12.1. The van der Waals surface area contributed by atoms with Crippen molar-refractivity contribution in [1.29, 1.82) is 0 Å².